The van der Waals surface area contributed by atoms with Crippen molar-refractivity contribution in [2.24, 2.45) is 0 Å². The van der Waals surface area contributed by atoms with Gasteiger partial charge < -0.3 is 0 Å². The van der Waals surface area contributed by atoms with Gasteiger partial charge in [0.25, 0.3) is 0 Å². The molecule has 0 aliphatic carbocycles. The van der Waals surface area contributed by atoms with E-state index < -0.39 is 0 Å². The van der Waals surface area contributed by atoms with Crippen LogP contribution in [0.25, 0.3) is 10.9 Å². The first kappa shape index (κ1) is 11.9. The van der Waals surface area contributed by atoms with E-state index in [2.05, 4.69) is 52.1 Å². The Morgan fingerprint density at radius 2 is 2.19 bits per heavy atom. The third-order valence-corrected chi connectivity index (χ3v) is 3.54. The second-order valence-corrected chi connectivity index (χ2v) is 5.03. The van der Waals surface area contributed by atoms with Gasteiger partial charge in [0.15, 0.2) is 0 Å². The second kappa shape index (κ2) is 5.15. The molecule has 0 bridgehead atoms. The van der Waals surface area contributed by atoms with Gasteiger partial charge in [-0.05, 0) is 37.0 Å². The fourth-order valence-electron chi connectivity index (χ4n) is 1.80. The maximum absolute atomic E-state index is 6.18. The number of alkyl halides is 1. The highest BCUT2D eigenvalue weighted by molar-refractivity contribution is 9.09. The molecule has 0 radical (unpaired) electrons. The zero-order valence-corrected chi connectivity index (χ0v) is 11.5. The molecule has 1 heterocycles. The monoisotopic (exact) mass is 297 g/mol. The Balaban J connectivity index is 2.50. The van der Waals surface area contributed by atoms with Gasteiger partial charge in [-0.15, -0.1) is 0 Å². The van der Waals surface area contributed by atoms with Crippen molar-refractivity contribution in [1.82, 2.24) is 4.98 Å². The van der Waals surface area contributed by atoms with E-state index in [1.807, 2.05) is 0 Å². The van der Waals surface area contributed by atoms with E-state index in [0.717, 1.165) is 29.3 Å². The number of benzene rings is 1. The number of aromatic nitrogens is 1. The molecule has 1 aromatic heterocycles. The first-order valence-electron chi connectivity index (χ1n) is 5.33. The van der Waals surface area contributed by atoms with E-state index in [-0.39, 0.29) is 0 Å². The van der Waals surface area contributed by atoms with Crippen molar-refractivity contribution in [3.05, 3.63) is 40.5 Å². The van der Waals surface area contributed by atoms with E-state index in [0.29, 0.717) is 5.15 Å². The van der Waals surface area contributed by atoms with Crippen LogP contribution in [0.1, 0.15) is 17.5 Å². The van der Waals surface area contributed by atoms with Crippen molar-refractivity contribution >= 4 is 38.4 Å². The molecule has 0 aliphatic rings. The van der Waals surface area contributed by atoms with Crippen LogP contribution in [0, 0.1) is 6.92 Å². The highest BCUT2D eigenvalue weighted by atomic mass is 79.9. The number of pyridine rings is 1. The van der Waals surface area contributed by atoms with E-state index in [1.165, 1.54) is 10.9 Å². The third-order valence-electron chi connectivity index (χ3n) is 2.65. The van der Waals surface area contributed by atoms with Gasteiger partial charge in [0.1, 0.15) is 5.15 Å². The summed E-state index contributed by atoms with van der Waals surface area (Å²) >= 11 is 9.61. The minimum Gasteiger partial charge on any atom is -0.236 e. The highest BCUT2D eigenvalue weighted by Crippen LogP contribution is 2.23. The minimum atomic E-state index is 0.641. The lowest BCUT2D eigenvalue weighted by molar-refractivity contribution is 0.934. The van der Waals surface area contributed by atoms with E-state index in [4.69, 9.17) is 11.6 Å². The number of hydrogen-bond acceptors (Lipinski definition) is 1. The van der Waals surface area contributed by atoms with Crippen molar-refractivity contribution in [1.29, 1.82) is 0 Å². The molecular formula is C13H13BrClN. The molecule has 0 saturated carbocycles. The SMILES string of the molecule is Cc1cccc2cc(CCCBr)c(Cl)nc12. The number of rotatable bonds is 3. The second-order valence-electron chi connectivity index (χ2n) is 3.88. The first-order chi connectivity index (χ1) is 7.72. The lowest BCUT2D eigenvalue weighted by Gasteiger charge is -2.06. The Hall–Kier alpha value is -0.600. The topological polar surface area (TPSA) is 12.9 Å². The summed E-state index contributed by atoms with van der Waals surface area (Å²) in [5.41, 5.74) is 3.32. The molecule has 0 aliphatic heterocycles. The maximum Gasteiger partial charge on any atom is 0.132 e. The predicted molar refractivity (Wildman–Crippen MR) is 73.6 cm³/mol. The average Bonchev–Trinajstić information content (AvgIpc) is 2.28. The summed E-state index contributed by atoms with van der Waals surface area (Å²) in [6.07, 6.45) is 2.06. The largest absolute Gasteiger partial charge is 0.236 e. The number of halogens is 2. The predicted octanol–water partition coefficient (Wildman–Crippen LogP) is 4.52. The quantitative estimate of drug-likeness (QED) is 0.599. The van der Waals surface area contributed by atoms with Crippen LogP contribution in [0.15, 0.2) is 24.3 Å². The van der Waals surface area contributed by atoms with E-state index >= 15 is 0 Å². The van der Waals surface area contributed by atoms with Crippen molar-refractivity contribution in [2.45, 2.75) is 19.8 Å². The van der Waals surface area contributed by atoms with E-state index in [1.54, 1.807) is 0 Å². The summed E-state index contributed by atoms with van der Waals surface area (Å²) in [5, 5.41) is 2.81. The van der Waals surface area contributed by atoms with Gasteiger partial charge >= 0.3 is 0 Å². The Labute approximate surface area is 109 Å². The van der Waals surface area contributed by atoms with Crippen LogP contribution in [0.4, 0.5) is 0 Å². The smallest absolute Gasteiger partial charge is 0.132 e. The van der Waals surface area contributed by atoms with Gasteiger partial charge in [-0.2, -0.15) is 0 Å². The van der Waals surface area contributed by atoms with Crippen LogP contribution in [0.3, 0.4) is 0 Å². The van der Waals surface area contributed by atoms with Crippen LogP contribution < -0.4 is 0 Å². The first-order valence-corrected chi connectivity index (χ1v) is 6.83. The van der Waals surface area contributed by atoms with Gasteiger partial charge in [-0.1, -0.05) is 45.7 Å². The van der Waals surface area contributed by atoms with E-state index in [9.17, 15) is 0 Å². The third kappa shape index (κ3) is 2.38. The number of hydrogen-bond donors (Lipinski definition) is 0. The van der Waals surface area contributed by atoms with Crippen LogP contribution in [-0.2, 0) is 6.42 Å². The molecule has 0 atom stereocenters. The van der Waals surface area contributed by atoms with Gasteiger partial charge in [0.05, 0.1) is 5.52 Å². The fraction of sp³-hybridized carbons (Fsp3) is 0.308. The molecule has 0 saturated heterocycles. The van der Waals surface area contributed by atoms with Gasteiger partial charge in [-0.25, -0.2) is 4.98 Å². The molecule has 0 unspecified atom stereocenters. The molecule has 2 rings (SSSR count). The van der Waals surface area contributed by atoms with Gasteiger partial charge in [0.2, 0.25) is 0 Å². The fourth-order valence-corrected chi connectivity index (χ4v) is 2.31. The van der Waals surface area contributed by atoms with Gasteiger partial charge in [0, 0.05) is 10.7 Å². The van der Waals surface area contributed by atoms with Crippen molar-refractivity contribution in [3.63, 3.8) is 0 Å². The standard InChI is InChI=1S/C13H13BrClN/c1-9-4-2-5-10-8-11(6-3-7-14)13(15)16-12(9)10/h2,4-5,8H,3,6-7H2,1H3. The summed E-state index contributed by atoms with van der Waals surface area (Å²) in [7, 11) is 0. The molecular weight excluding hydrogens is 286 g/mol. The minimum absolute atomic E-state index is 0.641. The summed E-state index contributed by atoms with van der Waals surface area (Å²) in [4.78, 5) is 4.48. The van der Waals surface area contributed by atoms with Crippen LogP contribution in [0.5, 0.6) is 0 Å². The molecule has 2 aromatic rings. The van der Waals surface area contributed by atoms with Crippen LogP contribution >= 0.6 is 27.5 Å². The summed E-state index contributed by atoms with van der Waals surface area (Å²) < 4.78 is 0. The number of nitrogens with zero attached hydrogens (tertiary/aromatic N) is 1. The summed E-state index contributed by atoms with van der Waals surface area (Å²) in [6, 6.07) is 8.36. The molecule has 0 amide bonds. The lowest BCUT2D eigenvalue weighted by Crippen LogP contribution is -1.93. The molecule has 0 spiro atoms. The molecule has 0 fully saturated rings. The van der Waals surface area contributed by atoms with Gasteiger partial charge in [-0.3, -0.25) is 0 Å². The Kier molecular flexibility index (Phi) is 3.82. The highest BCUT2D eigenvalue weighted by Gasteiger charge is 2.05. The van der Waals surface area contributed by atoms with Crippen LogP contribution in [0.2, 0.25) is 5.15 Å². The molecule has 84 valence electrons. The number of fused-ring (bicyclic) bond motifs is 1. The molecule has 0 N–H and O–H groups in total. The number of aryl methyl sites for hydroxylation is 2. The normalized spacial score (nSPS) is 10.9. The van der Waals surface area contributed by atoms with Crippen LogP contribution in [-0.4, -0.2) is 10.3 Å². The Morgan fingerprint density at radius 1 is 1.38 bits per heavy atom. The maximum atomic E-state index is 6.18. The number of para-hydroxylation sites is 1. The summed E-state index contributed by atoms with van der Waals surface area (Å²) in [6.45, 7) is 2.06. The Morgan fingerprint density at radius 3 is 2.94 bits per heavy atom. The lowest BCUT2D eigenvalue weighted by atomic mass is 10.1. The zero-order chi connectivity index (χ0) is 11.5. The van der Waals surface area contributed by atoms with Crippen molar-refractivity contribution in [2.75, 3.05) is 5.33 Å². The van der Waals surface area contributed by atoms with Crippen molar-refractivity contribution < 1.29 is 0 Å². The molecule has 1 aromatic carbocycles. The Bertz CT molecular complexity index is 511. The zero-order valence-electron chi connectivity index (χ0n) is 9.13. The molecule has 16 heavy (non-hydrogen) atoms. The summed E-state index contributed by atoms with van der Waals surface area (Å²) in [5.74, 6) is 0. The molecule has 1 nitrogen and oxygen atoms in total. The molecule has 3 heteroatoms. The average molecular weight is 299 g/mol. The van der Waals surface area contributed by atoms with Crippen molar-refractivity contribution in [3.8, 4) is 0 Å².